The monoisotopic (exact) mass is 370 g/mol. The number of H-pyrrole nitrogens is 1. The molecule has 0 atom stereocenters. The summed E-state index contributed by atoms with van der Waals surface area (Å²) in [5.74, 6) is -1.11. The van der Waals surface area contributed by atoms with Gasteiger partial charge < -0.3 is 15.0 Å². The molecule has 1 aliphatic carbocycles. The summed E-state index contributed by atoms with van der Waals surface area (Å²) >= 11 is 0. The molecule has 4 rings (SSSR count). The minimum Gasteiger partial charge on any atom is -0.481 e. The van der Waals surface area contributed by atoms with Gasteiger partial charge in [0.1, 0.15) is 5.56 Å². The van der Waals surface area contributed by atoms with Gasteiger partial charge in [0.05, 0.1) is 24.4 Å². The molecule has 142 valence electrons. The molecule has 0 bridgehead atoms. The molecule has 2 aromatic heterocycles. The molecule has 2 aromatic rings. The third kappa shape index (κ3) is 3.51. The molecule has 3 heterocycles. The number of carbonyl (C=O) groups excluding carboxylic acids is 1. The van der Waals surface area contributed by atoms with Gasteiger partial charge in [0, 0.05) is 25.2 Å². The highest BCUT2D eigenvalue weighted by Gasteiger charge is 2.25. The normalized spacial score (nSPS) is 15.9. The lowest BCUT2D eigenvalue weighted by Gasteiger charge is -2.20. The fourth-order valence-electron chi connectivity index (χ4n) is 3.89. The smallest absolute Gasteiger partial charge is 0.303 e. The Morgan fingerprint density at radius 1 is 1.19 bits per heavy atom. The lowest BCUT2D eigenvalue weighted by molar-refractivity contribution is -0.136. The number of nitrogens with one attached hydrogen (secondary N) is 1. The van der Waals surface area contributed by atoms with Crippen LogP contribution >= 0.6 is 0 Å². The summed E-state index contributed by atoms with van der Waals surface area (Å²) in [5.41, 5.74) is 3.49. The van der Waals surface area contributed by atoms with Crippen LogP contribution in [0, 0.1) is 0 Å². The second kappa shape index (κ2) is 7.02. The van der Waals surface area contributed by atoms with Crippen LogP contribution in [0.4, 0.5) is 0 Å². The molecular formula is C19H22N4O4. The summed E-state index contributed by atoms with van der Waals surface area (Å²) in [6.45, 7) is 1.60. The Hall–Kier alpha value is -2.90. The second-order valence-electron chi connectivity index (χ2n) is 7.19. The van der Waals surface area contributed by atoms with Crippen molar-refractivity contribution in [1.82, 2.24) is 19.7 Å². The number of carboxylic acid groups (broad SMARTS) is 1. The minimum absolute atomic E-state index is 0.0313. The molecule has 1 aliphatic heterocycles. The quantitative estimate of drug-likeness (QED) is 0.838. The van der Waals surface area contributed by atoms with E-state index in [0.717, 1.165) is 48.3 Å². The zero-order chi connectivity index (χ0) is 19.0. The van der Waals surface area contributed by atoms with Crippen LogP contribution in [-0.2, 0) is 37.1 Å². The van der Waals surface area contributed by atoms with Crippen molar-refractivity contribution in [2.24, 2.45) is 0 Å². The highest BCUT2D eigenvalue weighted by molar-refractivity contribution is 5.94. The summed E-state index contributed by atoms with van der Waals surface area (Å²) in [7, 11) is 0. The van der Waals surface area contributed by atoms with Gasteiger partial charge in [0.2, 0.25) is 0 Å². The average Bonchev–Trinajstić information content (AvgIpc) is 3.19. The van der Waals surface area contributed by atoms with Crippen molar-refractivity contribution >= 4 is 11.9 Å². The van der Waals surface area contributed by atoms with E-state index in [1.165, 1.54) is 0 Å². The zero-order valence-electron chi connectivity index (χ0n) is 15.0. The molecule has 2 N–H and O–H groups in total. The van der Waals surface area contributed by atoms with Crippen LogP contribution in [0.15, 0.2) is 16.9 Å². The van der Waals surface area contributed by atoms with E-state index in [1.54, 1.807) is 11.0 Å². The zero-order valence-corrected chi connectivity index (χ0v) is 15.0. The predicted octanol–water partition coefficient (Wildman–Crippen LogP) is 1.12. The van der Waals surface area contributed by atoms with Crippen molar-refractivity contribution in [3.8, 4) is 0 Å². The van der Waals surface area contributed by atoms with E-state index < -0.39 is 5.97 Å². The summed E-state index contributed by atoms with van der Waals surface area (Å²) in [4.78, 5) is 40.7. The minimum atomic E-state index is -0.856. The number of fused-ring (bicyclic) bond motifs is 2. The standard InChI is InChI=1S/C19H22N4O4/c24-17(25)6-5-13-10-14-11-22(7-2-8-23(14)21-13)19(27)15-9-12-3-1-4-16(12)20-18(15)26/h9-10H,1-8,11H2,(H,20,26)(H,24,25). The number of nitrogens with zero attached hydrogens (tertiary/aromatic N) is 3. The fraction of sp³-hybridized carbons (Fsp3) is 0.474. The maximum absolute atomic E-state index is 13.0. The lowest BCUT2D eigenvalue weighted by atomic mass is 10.1. The Morgan fingerprint density at radius 3 is 2.85 bits per heavy atom. The number of carbonyl (C=O) groups is 2. The molecular weight excluding hydrogens is 348 g/mol. The Labute approximate surface area is 155 Å². The molecule has 1 amide bonds. The number of amides is 1. The first-order chi connectivity index (χ1) is 13.0. The van der Waals surface area contributed by atoms with Gasteiger partial charge >= 0.3 is 5.97 Å². The molecule has 0 unspecified atom stereocenters. The van der Waals surface area contributed by atoms with E-state index in [1.807, 2.05) is 10.7 Å². The first-order valence-corrected chi connectivity index (χ1v) is 9.33. The Balaban J connectivity index is 1.56. The first kappa shape index (κ1) is 17.5. The van der Waals surface area contributed by atoms with Gasteiger partial charge in [0.25, 0.3) is 11.5 Å². The van der Waals surface area contributed by atoms with Crippen molar-refractivity contribution in [2.75, 3.05) is 6.54 Å². The highest BCUT2D eigenvalue weighted by Crippen LogP contribution is 2.21. The van der Waals surface area contributed by atoms with Crippen LogP contribution in [0.25, 0.3) is 0 Å². The van der Waals surface area contributed by atoms with Gasteiger partial charge in [-0.3, -0.25) is 19.1 Å². The molecule has 8 nitrogen and oxygen atoms in total. The number of aryl methyl sites for hydroxylation is 4. The number of pyridine rings is 1. The van der Waals surface area contributed by atoms with Crippen LogP contribution in [0.1, 0.15) is 52.3 Å². The van der Waals surface area contributed by atoms with E-state index in [0.29, 0.717) is 26.1 Å². The average molecular weight is 370 g/mol. The van der Waals surface area contributed by atoms with E-state index in [9.17, 15) is 14.4 Å². The summed E-state index contributed by atoms with van der Waals surface area (Å²) < 4.78 is 1.84. The number of rotatable bonds is 4. The summed E-state index contributed by atoms with van der Waals surface area (Å²) in [5, 5.41) is 13.3. The molecule has 27 heavy (non-hydrogen) atoms. The molecule has 0 aromatic carbocycles. The fourth-order valence-corrected chi connectivity index (χ4v) is 3.89. The van der Waals surface area contributed by atoms with Crippen molar-refractivity contribution in [1.29, 1.82) is 0 Å². The lowest BCUT2D eigenvalue weighted by Crippen LogP contribution is -2.35. The van der Waals surface area contributed by atoms with Gasteiger partial charge in [-0.2, -0.15) is 5.10 Å². The first-order valence-electron chi connectivity index (χ1n) is 9.33. The van der Waals surface area contributed by atoms with Crippen LogP contribution in [-0.4, -0.2) is 43.2 Å². The molecule has 0 spiro atoms. The summed E-state index contributed by atoms with van der Waals surface area (Å²) in [6, 6.07) is 3.62. The molecule has 0 saturated heterocycles. The SMILES string of the molecule is O=C(O)CCc1cc2n(n1)CCCN(C(=O)c1cc3c([nH]c1=O)CCC3)C2. The van der Waals surface area contributed by atoms with Crippen molar-refractivity contribution in [3.05, 3.63) is 50.7 Å². The van der Waals surface area contributed by atoms with E-state index in [-0.39, 0.29) is 23.5 Å². The number of aliphatic carboxylic acids is 1. The number of hydrogen-bond donors (Lipinski definition) is 2. The second-order valence-corrected chi connectivity index (χ2v) is 7.19. The maximum Gasteiger partial charge on any atom is 0.303 e. The van der Waals surface area contributed by atoms with E-state index in [4.69, 9.17) is 5.11 Å². The highest BCUT2D eigenvalue weighted by atomic mass is 16.4. The molecule has 2 aliphatic rings. The van der Waals surface area contributed by atoms with Crippen molar-refractivity contribution in [3.63, 3.8) is 0 Å². The van der Waals surface area contributed by atoms with Crippen LogP contribution in [0.5, 0.6) is 0 Å². The Kier molecular flexibility index (Phi) is 4.55. The third-order valence-corrected chi connectivity index (χ3v) is 5.27. The van der Waals surface area contributed by atoms with E-state index >= 15 is 0 Å². The number of aromatic nitrogens is 3. The van der Waals surface area contributed by atoms with Crippen molar-refractivity contribution in [2.45, 2.75) is 51.6 Å². The van der Waals surface area contributed by atoms with Gasteiger partial charge in [-0.1, -0.05) is 0 Å². The molecule has 8 heteroatoms. The summed E-state index contributed by atoms with van der Waals surface area (Å²) in [6.07, 6.45) is 3.90. The number of hydrogen-bond acceptors (Lipinski definition) is 4. The van der Waals surface area contributed by atoms with Gasteiger partial charge in [0.15, 0.2) is 0 Å². The van der Waals surface area contributed by atoms with Crippen molar-refractivity contribution < 1.29 is 14.7 Å². The van der Waals surface area contributed by atoms with E-state index in [2.05, 4.69) is 10.1 Å². The Morgan fingerprint density at radius 2 is 2.04 bits per heavy atom. The van der Waals surface area contributed by atoms with Crippen LogP contribution in [0.2, 0.25) is 0 Å². The maximum atomic E-state index is 13.0. The largest absolute Gasteiger partial charge is 0.481 e. The van der Waals surface area contributed by atoms with Gasteiger partial charge in [-0.05, 0) is 43.4 Å². The number of aromatic amines is 1. The van der Waals surface area contributed by atoms with Gasteiger partial charge in [-0.25, -0.2) is 0 Å². The molecule has 0 radical (unpaired) electrons. The third-order valence-electron chi connectivity index (χ3n) is 5.27. The topological polar surface area (TPSA) is 108 Å². The molecule has 0 fully saturated rings. The molecule has 0 saturated carbocycles. The van der Waals surface area contributed by atoms with Crippen LogP contribution in [0.3, 0.4) is 0 Å². The van der Waals surface area contributed by atoms with Gasteiger partial charge in [-0.15, -0.1) is 0 Å². The van der Waals surface area contributed by atoms with Crippen LogP contribution < -0.4 is 5.56 Å². The predicted molar refractivity (Wildman–Crippen MR) is 96.6 cm³/mol. The Bertz CT molecular complexity index is 959. The number of carboxylic acids is 1.